The summed E-state index contributed by atoms with van der Waals surface area (Å²) in [7, 11) is 1.55. The van der Waals surface area contributed by atoms with Crippen LogP contribution in [0, 0.1) is 28.8 Å². The summed E-state index contributed by atoms with van der Waals surface area (Å²) in [4.78, 5) is 24.4. The van der Waals surface area contributed by atoms with Crippen molar-refractivity contribution in [3.63, 3.8) is 0 Å². The van der Waals surface area contributed by atoms with E-state index in [2.05, 4.69) is 10.6 Å². The number of rotatable bonds is 6. The van der Waals surface area contributed by atoms with Gasteiger partial charge in [0.25, 0.3) is 11.8 Å². The Kier molecular flexibility index (Phi) is 6.98. The van der Waals surface area contributed by atoms with Gasteiger partial charge in [0.05, 0.1) is 23.3 Å². The van der Waals surface area contributed by atoms with E-state index in [1.165, 1.54) is 18.2 Å². The topological polar surface area (TPSA) is 86.4 Å². The number of benzene rings is 2. The zero-order valence-electron chi connectivity index (χ0n) is 14.6. The highest BCUT2D eigenvalue weighted by Crippen LogP contribution is 2.20. The van der Waals surface area contributed by atoms with Gasteiger partial charge in [-0.2, -0.15) is 5.26 Å². The standard InChI is InChI=1S/C18H14ClF3N4O2/c1-26(8-15(27)24-11-3-2-10(7-23)12(19)6-11)9-16(28)25-14-5-4-13(20)17(21)18(14)22/h2-6H,8-9H2,1H3,(H,24,27)(H,25,28)/p+1. The summed E-state index contributed by atoms with van der Waals surface area (Å²) in [5.74, 6) is -5.65. The molecular weight excluding hydrogens is 397 g/mol. The molecule has 0 heterocycles. The molecule has 1 unspecified atom stereocenters. The minimum atomic E-state index is -1.68. The van der Waals surface area contributed by atoms with Crippen LogP contribution in [0.5, 0.6) is 0 Å². The van der Waals surface area contributed by atoms with Crippen LogP contribution in [0.2, 0.25) is 5.02 Å². The number of hydrogen-bond donors (Lipinski definition) is 3. The lowest BCUT2D eigenvalue weighted by Crippen LogP contribution is -3.11. The van der Waals surface area contributed by atoms with Crippen LogP contribution in [0.1, 0.15) is 5.56 Å². The van der Waals surface area contributed by atoms with Crippen LogP contribution in [-0.2, 0) is 9.59 Å². The van der Waals surface area contributed by atoms with Gasteiger partial charge in [-0.1, -0.05) is 11.6 Å². The molecule has 6 nitrogen and oxygen atoms in total. The van der Waals surface area contributed by atoms with Gasteiger partial charge in [0.1, 0.15) is 6.07 Å². The Morgan fingerprint density at radius 1 is 1.07 bits per heavy atom. The Bertz CT molecular complexity index is 963. The first-order valence-corrected chi connectivity index (χ1v) is 8.33. The van der Waals surface area contributed by atoms with Crippen LogP contribution in [0.3, 0.4) is 0 Å². The third-order valence-electron chi connectivity index (χ3n) is 3.61. The van der Waals surface area contributed by atoms with E-state index in [0.29, 0.717) is 16.7 Å². The Labute approximate surface area is 163 Å². The minimum absolute atomic E-state index is 0.106. The van der Waals surface area contributed by atoms with Crippen molar-refractivity contribution in [3.8, 4) is 6.07 Å². The van der Waals surface area contributed by atoms with E-state index in [-0.39, 0.29) is 23.7 Å². The van der Waals surface area contributed by atoms with Crippen LogP contribution in [0.15, 0.2) is 30.3 Å². The average molecular weight is 412 g/mol. The zero-order valence-corrected chi connectivity index (χ0v) is 15.3. The summed E-state index contributed by atoms with van der Waals surface area (Å²) in [5.41, 5.74) is 0.159. The molecule has 2 amide bonds. The van der Waals surface area contributed by atoms with Gasteiger partial charge in [-0.15, -0.1) is 0 Å². The van der Waals surface area contributed by atoms with Crippen molar-refractivity contribution >= 4 is 34.8 Å². The number of carbonyl (C=O) groups excluding carboxylic acids is 2. The molecule has 0 aliphatic carbocycles. The van der Waals surface area contributed by atoms with Gasteiger partial charge in [0, 0.05) is 5.69 Å². The smallest absolute Gasteiger partial charge is 0.279 e. The van der Waals surface area contributed by atoms with Gasteiger partial charge in [-0.25, -0.2) is 13.2 Å². The van der Waals surface area contributed by atoms with Crippen molar-refractivity contribution in [2.24, 2.45) is 0 Å². The van der Waals surface area contributed by atoms with Crippen LogP contribution < -0.4 is 15.5 Å². The lowest BCUT2D eigenvalue weighted by molar-refractivity contribution is -0.862. The van der Waals surface area contributed by atoms with Crippen LogP contribution in [0.4, 0.5) is 24.5 Å². The first-order chi connectivity index (χ1) is 13.2. The molecule has 0 bridgehead atoms. The molecule has 0 aromatic heterocycles. The fraction of sp³-hybridized carbons (Fsp3) is 0.167. The minimum Gasteiger partial charge on any atom is -0.322 e. The van der Waals surface area contributed by atoms with Crippen LogP contribution >= 0.6 is 11.6 Å². The number of hydrogen-bond acceptors (Lipinski definition) is 3. The maximum absolute atomic E-state index is 13.6. The first-order valence-electron chi connectivity index (χ1n) is 7.95. The molecule has 2 aromatic carbocycles. The Hall–Kier alpha value is -3.09. The maximum Gasteiger partial charge on any atom is 0.279 e. The van der Waals surface area contributed by atoms with Crippen molar-refractivity contribution < 1.29 is 27.7 Å². The molecule has 28 heavy (non-hydrogen) atoms. The molecule has 10 heteroatoms. The Balaban J connectivity index is 1.89. The number of halogens is 4. The summed E-state index contributed by atoms with van der Waals surface area (Å²) >= 11 is 5.89. The predicted molar refractivity (Wildman–Crippen MR) is 96.4 cm³/mol. The van der Waals surface area contributed by atoms with Gasteiger partial charge < -0.3 is 15.5 Å². The summed E-state index contributed by atoms with van der Waals surface area (Å²) in [6, 6.07) is 7.89. The van der Waals surface area contributed by atoms with E-state index in [1.807, 2.05) is 6.07 Å². The molecule has 146 valence electrons. The highest BCUT2D eigenvalue weighted by atomic mass is 35.5. The van der Waals surface area contributed by atoms with E-state index in [1.54, 1.807) is 7.05 Å². The van der Waals surface area contributed by atoms with E-state index >= 15 is 0 Å². The first kappa shape index (κ1) is 21.2. The number of nitrogens with one attached hydrogen (secondary N) is 3. The largest absolute Gasteiger partial charge is 0.322 e. The van der Waals surface area contributed by atoms with Crippen molar-refractivity contribution in [2.75, 3.05) is 30.8 Å². The second-order valence-corrected chi connectivity index (χ2v) is 6.34. The monoisotopic (exact) mass is 411 g/mol. The summed E-state index contributed by atoms with van der Waals surface area (Å²) in [6.07, 6.45) is 0. The molecule has 2 rings (SSSR count). The molecule has 2 aromatic rings. The lowest BCUT2D eigenvalue weighted by atomic mass is 10.2. The SMILES string of the molecule is C[NH+](CC(=O)Nc1ccc(C#N)c(Cl)c1)CC(=O)Nc1ccc(F)c(F)c1F. The fourth-order valence-electron chi connectivity index (χ4n) is 2.32. The molecule has 0 fully saturated rings. The number of carbonyl (C=O) groups is 2. The highest BCUT2D eigenvalue weighted by molar-refractivity contribution is 6.32. The number of nitrogens with zero attached hydrogens (tertiary/aromatic N) is 1. The van der Waals surface area contributed by atoms with Crippen molar-refractivity contribution in [3.05, 3.63) is 58.4 Å². The van der Waals surface area contributed by atoms with Crippen molar-refractivity contribution in [1.29, 1.82) is 5.26 Å². The lowest BCUT2D eigenvalue weighted by Gasteiger charge is -2.14. The molecule has 1 atom stereocenters. The number of quaternary nitrogens is 1. The Morgan fingerprint density at radius 3 is 2.32 bits per heavy atom. The van der Waals surface area contributed by atoms with E-state index < -0.39 is 35.0 Å². The van der Waals surface area contributed by atoms with E-state index in [0.717, 1.165) is 6.07 Å². The summed E-state index contributed by atoms with van der Waals surface area (Å²) in [5, 5.41) is 13.7. The average Bonchev–Trinajstić information content (AvgIpc) is 2.62. The zero-order chi connectivity index (χ0) is 20.8. The summed E-state index contributed by atoms with van der Waals surface area (Å²) in [6.45, 7) is -0.328. The number of amides is 2. The number of anilines is 2. The van der Waals surface area contributed by atoms with Crippen molar-refractivity contribution in [2.45, 2.75) is 0 Å². The van der Waals surface area contributed by atoms with E-state index in [4.69, 9.17) is 16.9 Å². The summed E-state index contributed by atoms with van der Waals surface area (Å²) < 4.78 is 39.6. The third kappa shape index (κ3) is 5.45. The molecule has 0 saturated carbocycles. The predicted octanol–water partition coefficient (Wildman–Crippen LogP) is 1.72. The Morgan fingerprint density at radius 2 is 1.71 bits per heavy atom. The van der Waals surface area contributed by atoms with Gasteiger partial charge in [-0.05, 0) is 30.3 Å². The molecule has 0 radical (unpaired) electrons. The van der Waals surface area contributed by atoms with Crippen LogP contribution in [0.25, 0.3) is 0 Å². The molecule has 0 saturated heterocycles. The molecular formula is C18H15ClF3N4O2+. The number of likely N-dealkylation sites (N-methyl/N-ethyl adjacent to an activating group) is 1. The third-order valence-corrected chi connectivity index (χ3v) is 3.92. The van der Waals surface area contributed by atoms with Gasteiger partial charge in [0.2, 0.25) is 0 Å². The fourth-order valence-corrected chi connectivity index (χ4v) is 2.54. The second kappa shape index (κ2) is 9.21. The van der Waals surface area contributed by atoms with Crippen molar-refractivity contribution in [1.82, 2.24) is 0 Å². The molecule has 0 spiro atoms. The van der Waals surface area contributed by atoms with Crippen LogP contribution in [-0.4, -0.2) is 32.0 Å². The normalized spacial score (nSPS) is 11.4. The van der Waals surface area contributed by atoms with Gasteiger partial charge >= 0.3 is 0 Å². The van der Waals surface area contributed by atoms with E-state index in [9.17, 15) is 22.8 Å². The van der Waals surface area contributed by atoms with Gasteiger partial charge in [0.15, 0.2) is 30.5 Å². The van der Waals surface area contributed by atoms with Gasteiger partial charge in [-0.3, -0.25) is 9.59 Å². The molecule has 3 N–H and O–H groups in total. The highest BCUT2D eigenvalue weighted by Gasteiger charge is 2.18. The quantitative estimate of drug-likeness (QED) is 0.633. The molecule has 0 aliphatic heterocycles. The molecule has 0 aliphatic rings. The second-order valence-electron chi connectivity index (χ2n) is 5.94. The maximum atomic E-state index is 13.6. The number of nitriles is 1.